The quantitative estimate of drug-likeness (QED) is 0.202. The van der Waals surface area contributed by atoms with E-state index in [2.05, 4.69) is 10.6 Å². The molecule has 2 aliphatic heterocycles. The summed E-state index contributed by atoms with van der Waals surface area (Å²) >= 11 is 0. The highest BCUT2D eigenvalue weighted by Crippen LogP contribution is 2.25. The molecule has 2 fully saturated rings. The summed E-state index contributed by atoms with van der Waals surface area (Å²) in [4.78, 5) is 22.6. The van der Waals surface area contributed by atoms with Crippen molar-refractivity contribution in [1.29, 1.82) is 0 Å². The molecule has 168 valence electrons. The number of aliphatic hydroxyl groups is 6. The average Bonchev–Trinajstić information content (AvgIpc) is 2.65. The molecule has 0 aliphatic carbocycles. The van der Waals surface area contributed by atoms with Crippen molar-refractivity contribution in [2.24, 2.45) is 0 Å². The zero-order valence-corrected chi connectivity index (χ0v) is 15.9. The average molecular weight is 424 g/mol. The molecule has 2 heterocycles. The zero-order valence-electron chi connectivity index (χ0n) is 15.9. The first-order valence-corrected chi connectivity index (χ1v) is 9.04. The number of amides is 2. The van der Waals surface area contributed by atoms with Crippen LogP contribution < -0.4 is 10.6 Å². The summed E-state index contributed by atoms with van der Waals surface area (Å²) in [6.45, 7) is 1.26. The summed E-state index contributed by atoms with van der Waals surface area (Å²) in [5, 5.41) is 64.4. The molecular formula is C16H28N2O11. The van der Waals surface area contributed by atoms with Crippen molar-refractivity contribution in [3.8, 4) is 0 Å². The third kappa shape index (κ3) is 5.59. The molecule has 0 radical (unpaired) electrons. The van der Waals surface area contributed by atoms with Crippen molar-refractivity contribution in [3.63, 3.8) is 0 Å². The number of hydrogen-bond acceptors (Lipinski definition) is 11. The lowest BCUT2D eigenvalue weighted by Crippen LogP contribution is -2.66. The van der Waals surface area contributed by atoms with E-state index >= 15 is 0 Å². The minimum atomic E-state index is -1.64. The number of ether oxygens (including phenoxy) is 3. The molecule has 0 spiro atoms. The molecule has 0 saturated carbocycles. The number of aliphatic hydroxyl groups excluding tert-OH is 6. The van der Waals surface area contributed by atoms with Gasteiger partial charge in [-0.25, -0.2) is 0 Å². The van der Waals surface area contributed by atoms with E-state index in [9.17, 15) is 40.2 Å². The second kappa shape index (κ2) is 10.1. The van der Waals surface area contributed by atoms with Crippen LogP contribution in [0.5, 0.6) is 0 Å². The van der Waals surface area contributed by atoms with Crippen molar-refractivity contribution in [2.75, 3.05) is 13.2 Å². The van der Waals surface area contributed by atoms with Crippen LogP contribution in [0.15, 0.2) is 0 Å². The highest BCUT2D eigenvalue weighted by molar-refractivity contribution is 5.73. The van der Waals surface area contributed by atoms with Gasteiger partial charge >= 0.3 is 0 Å². The fraction of sp³-hybridized carbons (Fsp3) is 0.875. The van der Waals surface area contributed by atoms with Crippen LogP contribution in [-0.4, -0.2) is 117 Å². The van der Waals surface area contributed by atoms with Gasteiger partial charge in [0, 0.05) is 13.8 Å². The van der Waals surface area contributed by atoms with Gasteiger partial charge in [0.15, 0.2) is 12.6 Å². The van der Waals surface area contributed by atoms with Gasteiger partial charge in [-0.1, -0.05) is 0 Å². The van der Waals surface area contributed by atoms with Crippen LogP contribution in [0.25, 0.3) is 0 Å². The molecule has 13 heteroatoms. The first-order chi connectivity index (χ1) is 13.6. The Kier molecular flexibility index (Phi) is 8.28. The second-order valence-electron chi connectivity index (χ2n) is 7.04. The number of carbonyl (C=O) groups excluding carboxylic acids is 2. The van der Waals surface area contributed by atoms with Crippen molar-refractivity contribution in [3.05, 3.63) is 0 Å². The lowest BCUT2D eigenvalue weighted by molar-refractivity contribution is -0.297. The van der Waals surface area contributed by atoms with E-state index < -0.39 is 86.3 Å². The molecule has 2 rings (SSSR count). The Morgan fingerprint density at radius 2 is 1.34 bits per heavy atom. The number of carbonyl (C=O) groups is 2. The van der Waals surface area contributed by atoms with E-state index in [1.807, 2.05) is 0 Å². The maximum absolute atomic E-state index is 11.4. The van der Waals surface area contributed by atoms with Gasteiger partial charge in [0.05, 0.1) is 13.2 Å². The van der Waals surface area contributed by atoms with Gasteiger partial charge in [0.1, 0.15) is 48.7 Å². The molecule has 2 aliphatic rings. The van der Waals surface area contributed by atoms with E-state index in [0.29, 0.717) is 0 Å². The van der Waals surface area contributed by atoms with E-state index in [1.165, 1.54) is 13.8 Å². The van der Waals surface area contributed by atoms with Gasteiger partial charge in [-0.05, 0) is 0 Å². The van der Waals surface area contributed by atoms with Gasteiger partial charge < -0.3 is 55.5 Å². The SMILES string of the molecule is CC(=O)N[C@@H]1[C@@H](O)[C@H](O)[C@@H](CO[C@@H]2O[C@H](CO)[C@H](O)[C@H](O)[C@H]2NC(C)=O)O[C@@H]1O. The van der Waals surface area contributed by atoms with Crippen LogP contribution in [0, 0.1) is 0 Å². The highest BCUT2D eigenvalue weighted by atomic mass is 16.7. The Morgan fingerprint density at radius 1 is 0.828 bits per heavy atom. The molecule has 0 unspecified atom stereocenters. The Balaban J connectivity index is 2.05. The Morgan fingerprint density at radius 3 is 1.90 bits per heavy atom. The molecule has 2 amide bonds. The molecule has 0 aromatic rings. The minimum Gasteiger partial charge on any atom is -0.394 e. The Hall–Kier alpha value is -1.42. The summed E-state index contributed by atoms with van der Waals surface area (Å²) in [5.74, 6) is -1.09. The standard InChI is InChI=1S/C16H28N2O11/c1-5(20)17-9-13(24)12(23)8(28-15(9)26)4-27-16-10(18-6(2)21)14(25)11(22)7(3-19)29-16/h7-16,19,22-26H,3-4H2,1-2H3,(H,17,20)(H,18,21)/t7-,8-,9-,10-,11+,12-,13-,14-,15+,16-/m1/s1. The summed E-state index contributed by atoms with van der Waals surface area (Å²) in [6.07, 6.45) is -11.5. The molecule has 0 bridgehead atoms. The topological polar surface area (TPSA) is 207 Å². The molecule has 13 nitrogen and oxygen atoms in total. The van der Waals surface area contributed by atoms with Gasteiger partial charge in [-0.15, -0.1) is 0 Å². The molecule has 2 saturated heterocycles. The van der Waals surface area contributed by atoms with Crippen LogP contribution in [0.2, 0.25) is 0 Å². The maximum Gasteiger partial charge on any atom is 0.217 e. The van der Waals surface area contributed by atoms with Gasteiger partial charge in [0.2, 0.25) is 11.8 Å². The molecule has 10 atom stereocenters. The maximum atomic E-state index is 11.4. The fourth-order valence-corrected chi connectivity index (χ4v) is 3.28. The largest absolute Gasteiger partial charge is 0.394 e. The normalized spacial score (nSPS) is 42.9. The van der Waals surface area contributed by atoms with E-state index in [4.69, 9.17) is 14.2 Å². The van der Waals surface area contributed by atoms with Crippen LogP contribution in [0.3, 0.4) is 0 Å². The van der Waals surface area contributed by atoms with E-state index in [1.54, 1.807) is 0 Å². The summed E-state index contributed by atoms with van der Waals surface area (Å²) in [7, 11) is 0. The third-order valence-corrected chi connectivity index (χ3v) is 4.77. The monoisotopic (exact) mass is 424 g/mol. The third-order valence-electron chi connectivity index (χ3n) is 4.77. The van der Waals surface area contributed by atoms with E-state index in [0.717, 1.165) is 0 Å². The van der Waals surface area contributed by atoms with Crippen molar-refractivity contribution in [2.45, 2.75) is 75.1 Å². The molecule has 29 heavy (non-hydrogen) atoms. The lowest BCUT2D eigenvalue weighted by Gasteiger charge is -2.44. The molecular weight excluding hydrogens is 396 g/mol. The van der Waals surface area contributed by atoms with Gasteiger partial charge in [0.25, 0.3) is 0 Å². The second-order valence-corrected chi connectivity index (χ2v) is 7.04. The minimum absolute atomic E-state index is 0.455. The number of nitrogens with one attached hydrogen (secondary N) is 2. The molecule has 0 aromatic heterocycles. The molecule has 8 N–H and O–H groups in total. The predicted molar refractivity (Wildman–Crippen MR) is 91.8 cm³/mol. The van der Waals surface area contributed by atoms with Crippen molar-refractivity contribution < 1.29 is 54.4 Å². The number of rotatable bonds is 6. The Bertz CT molecular complexity index is 579. The first-order valence-electron chi connectivity index (χ1n) is 9.04. The Labute approximate surface area is 166 Å². The van der Waals surface area contributed by atoms with Gasteiger partial charge in [-0.2, -0.15) is 0 Å². The van der Waals surface area contributed by atoms with Crippen LogP contribution in [0.4, 0.5) is 0 Å². The van der Waals surface area contributed by atoms with E-state index in [-0.39, 0.29) is 0 Å². The molecule has 0 aromatic carbocycles. The van der Waals surface area contributed by atoms with Crippen LogP contribution >= 0.6 is 0 Å². The smallest absolute Gasteiger partial charge is 0.217 e. The summed E-state index contributed by atoms with van der Waals surface area (Å²) in [6, 6.07) is -2.46. The zero-order chi connectivity index (χ0) is 21.9. The van der Waals surface area contributed by atoms with Crippen molar-refractivity contribution in [1.82, 2.24) is 10.6 Å². The highest BCUT2D eigenvalue weighted by Gasteiger charge is 2.48. The van der Waals surface area contributed by atoms with Gasteiger partial charge in [-0.3, -0.25) is 9.59 Å². The summed E-state index contributed by atoms with van der Waals surface area (Å²) in [5.41, 5.74) is 0. The summed E-state index contributed by atoms with van der Waals surface area (Å²) < 4.78 is 16.0. The van der Waals surface area contributed by atoms with Crippen LogP contribution in [0.1, 0.15) is 13.8 Å². The van der Waals surface area contributed by atoms with Crippen molar-refractivity contribution >= 4 is 11.8 Å². The lowest BCUT2D eigenvalue weighted by atomic mass is 9.96. The van der Waals surface area contributed by atoms with Crippen LogP contribution in [-0.2, 0) is 23.8 Å². The first kappa shape index (κ1) is 23.9. The predicted octanol–water partition coefficient (Wildman–Crippen LogP) is -5.11. The fourth-order valence-electron chi connectivity index (χ4n) is 3.28. The number of hydrogen-bond donors (Lipinski definition) is 8.